The molecule has 9 nitrogen and oxygen atoms in total. The van der Waals surface area contributed by atoms with Crippen LogP contribution in [0.25, 0.3) is 0 Å². The molecule has 0 spiro atoms. The lowest BCUT2D eigenvalue weighted by Crippen LogP contribution is -2.51. The minimum Gasteiger partial charge on any atom is -0.379 e. The van der Waals surface area contributed by atoms with E-state index < -0.39 is 10.0 Å². The van der Waals surface area contributed by atoms with Crippen molar-refractivity contribution in [1.82, 2.24) is 14.1 Å². The van der Waals surface area contributed by atoms with Crippen LogP contribution in [0, 0.1) is 0 Å². The van der Waals surface area contributed by atoms with Gasteiger partial charge in [0, 0.05) is 45.0 Å². The van der Waals surface area contributed by atoms with Crippen molar-refractivity contribution in [2.45, 2.75) is 4.90 Å². The molecule has 1 aromatic carbocycles. The molecule has 0 bridgehead atoms. The quantitative estimate of drug-likeness (QED) is 0.669. The second-order valence-corrected chi connectivity index (χ2v) is 10.4. The molecular weight excluding hydrogens is 452 g/mol. The van der Waals surface area contributed by atoms with Crippen LogP contribution in [-0.2, 0) is 19.6 Å². The van der Waals surface area contributed by atoms with Crippen LogP contribution < -0.4 is 5.32 Å². The van der Waals surface area contributed by atoms with E-state index in [9.17, 15) is 18.0 Å². The lowest BCUT2D eigenvalue weighted by molar-refractivity contribution is -0.130. The van der Waals surface area contributed by atoms with Crippen LogP contribution in [0.4, 0.5) is 5.69 Å². The standard InChI is InChI=1S/C21H26N4O5S2/c26-20(23-6-8-24(9-7-23)21(27)19-5-2-14-31-19)16-22-17-3-1-4-18(15-17)32(28,29)25-10-12-30-13-11-25/h1-5,14-15,22H,6-13,16H2. The molecule has 32 heavy (non-hydrogen) atoms. The van der Waals surface area contributed by atoms with Crippen molar-refractivity contribution in [3.05, 3.63) is 46.7 Å². The number of piperazine rings is 1. The van der Waals surface area contributed by atoms with Crippen molar-refractivity contribution in [2.75, 3.05) is 64.3 Å². The van der Waals surface area contributed by atoms with E-state index >= 15 is 0 Å². The minimum atomic E-state index is -3.60. The van der Waals surface area contributed by atoms with Gasteiger partial charge in [0.05, 0.1) is 29.5 Å². The first-order valence-corrected chi connectivity index (χ1v) is 12.8. The number of morpholine rings is 1. The van der Waals surface area contributed by atoms with Gasteiger partial charge in [0.1, 0.15) is 0 Å². The summed E-state index contributed by atoms with van der Waals surface area (Å²) in [5, 5.41) is 4.91. The number of carbonyl (C=O) groups excluding carboxylic acids is 2. The van der Waals surface area contributed by atoms with Crippen LogP contribution in [-0.4, -0.2) is 93.4 Å². The summed E-state index contributed by atoms with van der Waals surface area (Å²) in [5.41, 5.74) is 0.569. The molecule has 0 atom stereocenters. The third kappa shape index (κ3) is 5.12. The molecular formula is C21H26N4O5S2. The summed E-state index contributed by atoms with van der Waals surface area (Å²) in [6.45, 7) is 3.44. The van der Waals surface area contributed by atoms with Gasteiger partial charge in [-0.3, -0.25) is 9.59 Å². The topological polar surface area (TPSA) is 99.3 Å². The van der Waals surface area contributed by atoms with Crippen molar-refractivity contribution in [1.29, 1.82) is 0 Å². The number of rotatable bonds is 6. The van der Waals surface area contributed by atoms with Crippen LogP contribution in [0.1, 0.15) is 9.67 Å². The summed E-state index contributed by atoms with van der Waals surface area (Å²) in [5.74, 6) is -0.0850. The average Bonchev–Trinajstić information content (AvgIpc) is 3.38. The fourth-order valence-corrected chi connectivity index (χ4v) is 5.85. The lowest BCUT2D eigenvalue weighted by Gasteiger charge is -2.34. The van der Waals surface area contributed by atoms with E-state index in [4.69, 9.17) is 4.74 Å². The van der Waals surface area contributed by atoms with Gasteiger partial charge in [-0.25, -0.2) is 8.42 Å². The predicted octanol–water partition coefficient (Wildman–Crippen LogP) is 1.17. The van der Waals surface area contributed by atoms with E-state index in [1.165, 1.54) is 15.6 Å². The Hall–Kier alpha value is -2.47. The number of sulfonamides is 1. The first-order chi connectivity index (χ1) is 15.4. The summed E-state index contributed by atoms with van der Waals surface area (Å²) in [7, 11) is -3.60. The fraction of sp³-hybridized carbons (Fsp3) is 0.429. The van der Waals surface area contributed by atoms with Gasteiger partial charge in [0.25, 0.3) is 5.91 Å². The van der Waals surface area contributed by atoms with Gasteiger partial charge in [-0.2, -0.15) is 4.31 Å². The maximum absolute atomic E-state index is 12.8. The van der Waals surface area contributed by atoms with Gasteiger partial charge in [-0.1, -0.05) is 12.1 Å². The van der Waals surface area contributed by atoms with Gasteiger partial charge in [-0.05, 0) is 29.6 Å². The highest BCUT2D eigenvalue weighted by Crippen LogP contribution is 2.21. The zero-order valence-corrected chi connectivity index (χ0v) is 19.2. The number of benzene rings is 1. The van der Waals surface area contributed by atoms with Crippen LogP contribution in [0.5, 0.6) is 0 Å². The van der Waals surface area contributed by atoms with E-state index in [1.54, 1.807) is 34.1 Å². The number of nitrogens with zero attached hydrogens (tertiary/aromatic N) is 3. The summed E-state index contributed by atoms with van der Waals surface area (Å²) in [4.78, 5) is 29.5. The number of hydrogen-bond acceptors (Lipinski definition) is 7. The Kier molecular flexibility index (Phi) is 7.09. The van der Waals surface area contributed by atoms with Crippen molar-refractivity contribution in [2.24, 2.45) is 0 Å². The average molecular weight is 479 g/mol. The number of ether oxygens (including phenoxy) is 1. The molecule has 2 saturated heterocycles. The molecule has 3 heterocycles. The second-order valence-electron chi connectivity index (χ2n) is 7.55. The Labute approximate surface area is 191 Å². The SMILES string of the molecule is O=C(CNc1cccc(S(=O)(=O)N2CCOCC2)c1)N1CCN(C(=O)c2cccs2)CC1. The Morgan fingerprint density at radius 3 is 2.38 bits per heavy atom. The van der Waals surface area contributed by atoms with Crippen molar-refractivity contribution < 1.29 is 22.7 Å². The second kappa shape index (κ2) is 9.99. The zero-order chi connectivity index (χ0) is 22.6. The molecule has 0 saturated carbocycles. The molecule has 11 heteroatoms. The zero-order valence-electron chi connectivity index (χ0n) is 17.6. The highest BCUT2D eigenvalue weighted by Gasteiger charge is 2.27. The van der Waals surface area contributed by atoms with Gasteiger partial charge in [-0.15, -0.1) is 11.3 Å². The molecule has 0 aliphatic carbocycles. The van der Waals surface area contributed by atoms with Crippen LogP contribution in [0.3, 0.4) is 0 Å². The molecule has 4 rings (SSSR count). The maximum Gasteiger partial charge on any atom is 0.264 e. The highest BCUT2D eigenvalue weighted by atomic mass is 32.2. The first kappa shape index (κ1) is 22.7. The maximum atomic E-state index is 12.8. The molecule has 0 radical (unpaired) electrons. The van der Waals surface area contributed by atoms with Gasteiger partial charge >= 0.3 is 0 Å². The molecule has 2 amide bonds. The van der Waals surface area contributed by atoms with Crippen molar-refractivity contribution >= 4 is 38.9 Å². The number of amides is 2. The molecule has 0 unspecified atom stereocenters. The van der Waals surface area contributed by atoms with Gasteiger partial charge < -0.3 is 19.9 Å². The number of carbonyl (C=O) groups is 2. The Morgan fingerprint density at radius 1 is 0.969 bits per heavy atom. The van der Waals surface area contributed by atoms with E-state index in [-0.39, 0.29) is 23.3 Å². The number of nitrogens with one attached hydrogen (secondary N) is 1. The van der Waals surface area contributed by atoms with E-state index in [0.717, 1.165) is 0 Å². The lowest BCUT2D eigenvalue weighted by atomic mass is 10.2. The monoisotopic (exact) mass is 478 g/mol. The fourth-order valence-electron chi connectivity index (χ4n) is 3.71. The Bertz CT molecular complexity index is 1040. The van der Waals surface area contributed by atoms with Crippen LogP contribution in [0.15, 0.2) is 46.7 Å². The predicted molar refractivity (Wildman–Crippen MR) is 121 cm³/mol. The summed E-state index contributed by atoms with van der Waals surface area (Å²) in [6, 6.07) is 10.2. The first-order valence-electron chi connectivity index (χ1n) is 10.5. The molecule has 2 aromatic rings. The summed E-state index contributed by atoms with van der Waals surface area (Å²) < 4.78 is 32.3. The molecule has 2 fully saturated rings. The van der Waals surface area contributed by atoms with Crippen LogP contribution >= 0.6 is 11.3 Å². The number of anilines is 1. The van der Waals surface area contributed by atoms with Crippen molar-refractivity contribution in [3.8, 4) is 0 Å². The molecule has 1 aromatic heterocycles. The molecule has 2 aliphatic rings. The smallest absolute Gasteiger partial charge is 0.264 e. The molecule has 1 N–H and O–H groups in total. The Balaban J connectivity index is 1.30. The number of thiophene rings is 1. The number of hydrogen-bond donors (Lipinski definition) is 1. The van der Waals surface area contributed by atoms with Gasteiger partial charge in [0.2, 0.25) is 15.9 Å². The Morgan fingerprint density at radius 2 is 1.69 bits per heavy atom. The highest BCUT2D eigenvalue weighted by molar-refractivity contribution is 7.89. The molecule has 2 aliphatic heterocycles. The van der Waals surface area contributed by atoms with Crippen LogP contribution in [0.2, 0.25) is 0 Å². The van der Waals surface area contributed by atoms with Crippen molar-refractivity contribution in [3.63, 3.8) is 0 Å². The third-order valence-corrected chi connectivity index (χ3v) is 8.29. The van der Waals surface area contributed by atoms with E-state index in [2.05, 4.69) is 5.32 Å². The summed E-state index contributed by atoms with van der Waals surface area (Å²) in [6.07, 6.45) is 0. The molecule has 172 valence electrons. The minimum absolute atomic E-state index is 0.00326. The largest absolute Gasteiger partial charge is 0.379 e. The third-order valence-electron chi connectivity index (χ3n) is 5.54. The van der Waals surface area contributed by atoms with E-state index in [1.807, 2.05) is 17.5 Å². The van der Waals surface area contributed by atoms with E-state index in [0.29, 0.717) is 63.0 Å². The van der Waals surface area contributed by atoms with Gasteiger partial charge in [0.15, 0.2) is 0 Å². The summed E-state index contributed by atoms with van der Waals surface area (Å²) >= 11 is 1.42. The normalized spacial score (nSPS) is 17.9.